The van der Waals surface area contributed by atoms with E-state index in [1.165, 1.54) is 12.7 Å². The molecule has 0 aliphatic rings. The average Bonchev–Trinajstić information content (AvgIpc) is 2.74. The Labute approximate surface area is 177 Å². The monoisotopic (exact) mass is 453 g/mol. The number of carbonyl (C=O) groups excluding carboxylic acids is 2. The summed E-state index contributed by atoms with van der Waals surface area (Å²) >= 11 is 3.30. The van der Waals surface area contributed by atoms with E-state index < -0.39 is 5.97 Å². The summed E-state index contributed by atoms with van der Waals surface area (Å²) in [6.45, 7) is 1.87. The van der Waals surface area contributed by atoms with Crippen LogP contribution in [0.1, 0.15) is 15.9 Å². The van der Waals surface area contributed by atoms with E-state index in [0.29, 0.717) is 15.9 Å². The van der Waals surface area contributed by atoms with Gasteiger partial charge in [-0.2, -0.15) is 0 Å². The number of hydrogen-bond acceptors (Lipinski definition) is 4. The lowest BCUT2D eigenvalue weighted by atomic mass is 10.0. The Morgan fingerprint density at radius 3 is 2.17 bits per heavy atom. The van der Waals surface area contributed by atoms with Gasteiger partial charge in [0.1, 0.15) is 5.75 Å². The zero-order valence-electron chi connectivity index (χ0n) is 16.1. The number of amides is 1. The molecule has 0 unspecified atom stereocenters. The summed E-state index contributed by atoms with van der Waals surface area (Å²) in [5, 5.41) is 2.68. The molecule has 1 N–H and O–H groups in total. The summed E-state index contributed by atoms with van der Waals surface area (Å²) in [7, 11) is 1.29. The molecule has 0 atom stereocenters. The zero-order chi connectivity index (χ0) is 20.8. The van der Waals surface area contributed by atoms with Crippen LogP contribution in [-0.4, -0.2) is 25.6 Å². The molecule has 29 heavy (non-hydrogen) atoms. The highest BCUT2D eigenvalue weighted by Gasteiger charge is 2.15. The quantitative estimate of drug-likeness (QED) is 0.519. The van der Waals surface area contributed by atoms with Crippen LogP contribution in [0.2, 0.25) is 0 Å². The van der Waals surface area contributed by atoms with Crippen LogP contribution in [-0.2, 0) is 9.53 Å². The number of aryl methyl sites for hydroxylation is 1. The highest BCUT2D eigenvalue weighted by atomic mass is 79.9. The number of ether oxygens (including phenoxy) is 2. The van der Waals surface area contributed by atoms with Gasteiger partial charge in [-0.1, -0.05) is 57.9 Å². The molecule has 148 valence electrons. The minimum absolute atomic E-state index is 0.180. The van der Waals surface area contributed by atoms with Gasteiger partial charge in [-0.25, -0.2) is 4.79 Å². The number of benzene rings is 3. The zero-order valence-corrected chi connectivity index (χ0v) is 17.7. The summed E-state index contributed by atoms with van der Waals surface area (Å²) in [6, 6.07) is 20.7. The Balaban J connectivity index is 1.61. The van der Waals surface area contributed by atoms with Crippen molar-refractivity contribution in [3.8, 4) is 16.9 Å². The molecule has 0 spiro atoms. The summed E-state index contributed by atoms with van der Waals surface area (Å²) in [4.78, 5) is 24.1. The van der Waals surface area contributed by atoms with Crippen molar-refractivity contribution in [3.05, 3.63) is 82.3 Å². The number of nitrogens with one attached hydrogen (secondary N) is 1. The van der Waals surface area contributed by atoms with Gasteiger partial charge in [0.2, 0.25) is 0 Å². The van der Waals surface area contributed by atoms with Crippen molar-refractivity contribution in [1.82, 2.24) is 0 Å². The van der Waals surface area contributed by atoms with Crippen molar-refractivity contribution in [1.29, 1.82) is 0 Å². The maximum Gasteiger partial charge on any atom is 0.340 e. The molecule has 0 saturated carbocycles. The standard InChI is InChI=1S/C23H20BrNO4/c1-15-3-5-16(6-4-15)17-7-10-19(11-8-17)29-14-22(26)25-21-12-9-18(24)13-20(21)23(27)28-2/h3-13H,14H2,1-2H3,(H,25,26). The summed E-state index contributed by atoms with van der Waals surface area (Å²) < 4.78 is 11.0. The molecule has 6 heteroatoms. The van der Waals surface area contributed by atoms with Crippen molar-refractivity contribution >= 4 is 33.5 Å². The smallest absolute Gasteiger partial charge is 0.340 e. The summed E-state index contributed by atoms with van der Waals surface area (Å²) in [5.74, 6) is -0.325. The summed E-state index contributed by atoms with van der Waals surface area (Å²) in [6.07, 6.45) is 0. The second kappa shape index (κ2) is 9.39. The lowest BCUT2D eigenvalue weighted by Gasteiger charge is -2.11. The van der Waals surface area contributed by atoms with Crippen molar-refractivity contribution in [3.63, 3.8) is 0 Å². The average molecular weight is 454 g/mol. The Hall–Kier alpha value is -3.12. The molecule has 3 rings (SSSR count). The van der Waals surface area contributed by atoms with Crippen LogP contribution in [0.4, 0.5) is 5.69 Å². The Kier molecular flexibility index (Phi) is 6.67. The second-order valence-corrected chi connectivity index (χ2v) is 7.32. The van der Waals surface area contributed by atoms with Gasteiger partial charge in [0.25, 0.3) is 5.91 Å². The molecule has 5 nitrogen and oxygen atoms in total. The fourth-order valence-electron chi connectivity index (χ4n) is 2.73. The van der Waals surface area contributed by atoms with Crippen molar-refractivity contribution in [2.45, 2.75) is 6.92 Å². The van der Waals surface area contributed by atoms with E-state index in [9.17, 15) is 9.59 Å². The Morgan fingerprint density at radius 2 is 1.55 bits per heavy atom. The first-order valence-electron chi connectivity index (χ1n) is 8.94. The highest BCUT2D eigenvalue weighted by Crippen LogP contribution is 2.24. The van der Waals surface area contributed by atoms with Crippen LogP contribution in [0.3, 0.4) is 0 Å². The first-order chi connectivity index (χ1) is 14.0. The largest absolute Gasteiger partial charge is 0.484 e. The van der Waals surface area contributed by atoms with Crippen LogP contribution in [0.25, 0.3) is 11.1 Å². The number of esters is 1. The minimum Gasteiger partial charge on any atom is -0.484 e. The number of halogens is 1. The molecule has 0 aromatic heterocycles. The Bertz CT molecular complexity index is 1010. The molecule has 3 aromatic rings. The van der Waals surface area contributed by atoms with Crippen LogP contribution in [0, 0.1) is 6.92 Å². The van der Waals surface area contributed by atoms with Gasteiger partial charge in [-0.3, -0.25) is 4.79 Å². The lowest BCUT2D eigenvalue weighted by Crippen LogP contribution is -2.21. The number of hydrogen-bond donors (Lipinski definition) is 1. The molecular weight excluding hydrogens is 434 g/mol. The fraction of sp³-hybridized carbons (Fsp3) is 0.130. The minimum atomic E-state index is -0.533. The summed E-state index contributed by atoms with van der Waals surface area (Å²) in [5.41, 5.74) is 4.02. The molecule has 0 bridgehead atoms. The van der Waals surface area contributed by atoms with E-state index in [1.807, 2.05) is 31.2 Å². The van der Waals surface area contributed by atoms with E-state index in [-0.39, 0.29) is 18.1 Å². The van der Waals surface area contributed by atoms with E-state index >= 15 is 0 Å². The third kappa shape index (κ3) is 5.45. The van der Waals surface area contributed by atoms with Crippen LogP contribution >= 0.6 is 15.9 Å². The SMILES string of the molecule is COC(=O)c1cc(Br)ccc1NC(=O)COc1ccc(-c2ccc(C)cc2)cc1. The normalized spacial score (nSPS) is 10.3. The molecule has 0 saturated heterocycles. The van der Waals surface area contributed by atoms with Crippen molar-refractivity contribution in [2.75, 3.05) is 19.0 Å². The van der Waals surface area contributed by atoms with Gasteiger partial charge in [0, 0.05) is 4.47 Å². The molecule has 1 amide bonds. The van der Waals surface area contributed by atoms with Gasteiger partial charge in [0.05, 0.1) is 18.4 Å². The number of carbonyl (C=O) groups is 2. The van der Waals surface area contributed by atoms with Gasteiger partial charge < -0.3 is 14.8 Å². The van der Waals surface area contributed by atoms with Gasteiger partial charge in [-0.15, -0.1) is 0 Å². The van der Waals surface area contributed by atoms with E-state index in [1.54, 1.807) is 18.2 Å². The Morgan fingerprint density at radius 1 is 0.931 bits per heavy atom. The van der Waals surface area contributed by atoms with Gasteiger partial charge in [-0.05, 0) is 48.4 Å². The number of rotatable bonds is 6. The molecule has 0 aliphatic heterocycles. The molecular formula is C23H20BrNO4. The van der Waals surface area contributed by atoms with E-state index in [4.69, 9.17) is 9.47 Å². The molecule has 0 fully saturated rings. The highest BCUT2D eigenvalue weighted by molar-refractivity contribution is 9.10. The van der Waals surface area contributed by atoms with Crippen molar-refractivity contribution < 1.29 is 19.1 Å². The van der Waals surface area contributed by atoms with Gasteiger partial charge >= 0.3 is 5.97 Å². The lowest BCUT2D eigenvalue weighted by molar-refractivity contribution is -0.118. The van der Waals surface area contributed by atoms with Crippen LogP contribution in [0.15, 0.2) is 71.2 Å². The topological polar surface area (TPSA) is 64.6 Å². The van der Waals surface area contributed by atoms with E-state index in [2.05, 4.69) is 45.5 Å². The molecule has 0 aliphatic carbocycles. The molecule has 0 radical (unpaired) electrons. The maximum absolute atomic E-state index is 12.3. The van der Waals surface area contributed by atoms with E-state index in [0.717, 1.165) is 11.1 Å². The van der Waals surface area contributed by atoms with Crippen LogP contribution < -0.4 is 10.1 Å². The maximum atomic E-state index is 12.3. The number of methoxy groups -OCH3 is 1. The van der Waals surface area contributed by atoms with Crippen molar-refractivity contribution in [2.24, 2.45) is 0 Å². The third-order valence-corrected chi connectivity index (χ3v) is 4.76. The predicted octanol–water partition coefficient (Wildman–Crippen LogP) is 5.23. The fourth-order valence-corrected chi connectivity index (χ4v) is 3.09. The van der Waals surface area contributed by atoms with Crippen LogP contribution in [0.5, 0.6) is 5.75 Å². The second-order valence-electron chi connectivity index (χ2n) is 6.41. The first kappa shape index (κ1) is 20.6. The molecule has 0 heterocycles. The third-order valence-electron chi connectivity index (χ3n) is 4.27. The number of anilines is 1. The first-order valence-corrected chi connectivity index (χ1v) is 9.73. The predicted molar refractivity (Wildman–Crippen MR) is 116 cm³/mol. The molecule has 3 aromatic carbocycles. The van der Waals surface area contributed by atoms with Gasteiger partial charge in [0.15, 0.2) is 6.61 Å².